The summed E-state index contributed by atoms with van der Waals surface area (Å²) in [5.41, 5.74) is 1.70. The highest BCUT2D eigenvalue weighted by molar-refractivity contribution is 5.95. The van der Waals surface area contributed by atoms with Gasteiger partial charge >= 0.3 is 0 Å². The number of H-pyrrole nitrogens is 1. The van der Waals surface area contributed by atoms with Crippen LogP contribution < -0.4 is 0 Å². The zero-order valence-corrected chi connectivity index (χ0v) is 14.9. The summed E-state index contributed by atoms with van der Waals surface area (Å²) in [6, 6.07) is 0. The van der Waals surface area contributed by atoms with E-state index < -0.39 is 0 Å². The fourth-order valence-corrected chi connectivity index (χ4v) is 3.89. The summed E-state index contributed by atoms with van der Waals surface area (Å²) in [6.07, 6.45) is 12.4. The van der Waals surface area contributed by atoms with Crippen molar-refractivity contribution in [3.05, 3.63) is 35.7 Å². The molecule has 6 nitrogen and oxygen atoms in total. The molecule has 134 valence electrons. The van der Waals surface area contributed by atoms with Gasteiger partial charge in [0.2, 0.25) is 0 Å². The Morgan fingerprint density at radius 2 is 2.24 bits per heavy atom. The molecule has 1 saturated carbocycles. The van der Waals surface area contributed by atoms with Gasteiger partial charge in [-0.15, -0.1) is 0 Å². The molecular weight excluding hydrogens is 314 g/mol. The van der Waals surface area contributed by atoms with Crippen molar-refractivity contribution in [2.24, 2.45) is 5.92 Å². The summed E-state index contributed by atoms with van der Waals surface area (Å²) < 4.78 is 2.32. The number of aromatic amines is 1. The molecule has 25 heavy (non-hydrogen) atoms. The minimum Gasteiger partial charge on any atom is -0.338 e. The van der Waals surface area contributed by atoms with Gasteiger partial charge in [0.1, 0.15) is 5.82 Å². The smallest absolute Gasteiger partial charge is 0.257 e. The van der Waals surface area contributed by atoms with Crippen LogP contribution in [0.5, 0.6) is 0 Å². The summed E-state index contributed by atoms with van der Waals surface area (Å²) in [5.74, 6) is 2.44. The van der Waals surface area contributed by atoms with Crippen LogP contribution in [0, 0.1) is 5.92 Å². The first-order valence-corrected chi connectivity index (χ1v) is 9.58. The predicted molar refractivity (Wildman–Crippen MR) is 95.4 cm³/mol. The molecule has 1 aliphatic heterocycles. The maximum atomic E-state index is 13.0. The monoisotopic (exact) mass is 341 g/mol. The molecule has 1 amide bonds. The van der Waals surface area contributed by atoms with Gasteiger partial charge in [-0.2, -0.15) is 5.10 Å². The number of imidazole rings is 1. The molecule has 1 atom stereocenters. The Bertz CT molecular complexity index is 730. The molecule has 2 aromatic heterocycles. The second-order valence-corrected chi connectivity index (χ2v) is 7.48. The van der Waals surface area contributed by atoms with E-state index >= 15 is 0 Å². The number of aromatic nitrogens is 4. The van der Waals surface area contributed by atoms with E-state index in [0.717, 1.165) is 68.3 Å². The number of aryl methyl sites for hydroxylation is 1. The molecule has 2 aromatic rings. The average molecular weight is 341 g/mol. The number of rotatable bonds is 6. The van der Waals surface area contributed by atoms with E-state index in [1.165, 1.54) is 12.8 Å². The van der Waals surface area contributed by atoms with E-state index in [0.29, 0.717) is 5.92 Å². The minimum absolute atomic E-state index is 0.113. The van der Waals surface area contributed by atoms with Crippen molar-refractivity contribution in [3.8, 4) is 0 Å². The quantitative estimate of drug-likeness (QED) is 0.878. The molecule has 2 fully saturated rings. The Hall–Kier alpha value is -2.11. The van der Waals surface area contributed by atoms with Gasteiger partial charge in [-0.05, 0) is 38.0 Å². The van der Waals surface area contributed by atoms with E-state index in [1.807, 2.05) is 11.1 Å². The third-order valence-electron chi connectivity index (χ3n) is 5.42. The fraction of sp³-hybridized carbons (Fsp3) is 0.632. The van der Waals surface area contributed by atoms with Crippen LogP contribution >= 0.6 is 0 Å². The van der Waals surface area contributed by atoms with Crippen molar-refractivity contribution in [2.75, 3.05) is 13.1 Å². The molecule has 6 heteroatoms. The van der Waals surface area contributed by atoms with Crippen molar-refractivity contribution < 1.29 is 4.79 Å². The molecule has 1 N–H and O–H groups in total. The molecule has 2 aliphatic rings. The van der Waals surface area contributed by atoms with Crippen LogP contribution in [0.2, 0.25) is 0 Å². The van der Waals surface area contributed by atoms with E-state index in [-0.39, 0.29) is 5.91 Å². The highest BCUT2D eigenvalue weighted by Crippen LogP contribution is 2.33. The van der Waals surface area contributed by atoms with Crippen LogP contribution in [0.15, 0.2) is 18.6 Å². The van der Waals surface area contributed by atoms with Gasteiger partial charge in [-0.1, -0.05) is 13.3 Å². The van der Waals surface area contributed by atoms with Gasteiger partial charge in [0, 0.05) is 43.6 Å². The van der Waals surface area contributed by atoms with Gasteiger partial charge in [0.05, 0.1) is 11.8 Å². The van der Waals surface area contributed by atoms with Gasteiger partial charge in [0.15, 0.2) is 0 Å². The summed E-state index contributed by atoms with van der Waals surface area (Å²) in [7, 11) is 0. The van der Waals surface area contributed by atoms with Gasteiger partial charge in [-0.25, -0.2) is 4.98 Å². The highest BCUT2D eigenvalue weighted by atomic mass is 16.2. The van der Waals surface area contributed by atoms with Crippen molar-refractivity contribution in [3.63, 3.8) is 0 Å². The first-order valence-electron chi connectivity index (χ1n) is 9.58. The Balaban J connectivity index is 1.48. The number of nitrogens with one attached hydrogen (secondary N) is 1. The van der Waals surface area contributed by atoms with E-state index in [1.54, 1.807) is 6.20 Å². The molecule has 1 unspecified atom stereocenters. The predicted octanol–water partition coefficient (Wildman–Crippen LogP) is 2.99. The van der Waals surface area contributed by atoms with Crippen LogP contribution in [0.3, 0.4) is 0 Å². The molecule has 1 saturated heterocycles. The van der Waals surface area contributed by atoms with E-state index in [2.05, 4.69) is 32.9 Å². The van der Waals surface area contributed by atoms with Crippen LogP contribution in [-0.2, 0) is 13.0 Å². The van der Waals surface area contributed by atoms with Crippen molar-refractivity contribution >= 4 is 5.91 Å². The molecule has 1 aliphatic carbocycles. The lowest BCUT2D eigenvalue weighted by Gasteiger charge is -2.32. The summed E-state index contributed by atoms with van der Waals surface area (Å²) in [4.78, 5) is 19.6. The molecular formula is C19H27N5O. The Morgan fingerprint density at radius 3 is 3.04 bits per heavy atom. The van der Waals surface area contributed by atoms with Gasteiger partial charge in [0.25, 0.3) is 5.91 Å². The molecule has 0 radical (unpaired) electrons. The average Bonchev–Trinajstić information content (AvgIpc) is 3.13. The molecule has 0 spiro atoms. The largest absolute Gasteiger partial charge is 0.338 e. The van der Waals surface area contributed by atoms with Crippen LogP contribution in [0.4, 0.5) is 0 Å². The normalized spacial score (nSPS) is 20.8. The number of nitrogens with zero attached hydrogens (tertiary/aromatic N) is 4. The fourth-order valence-electron chi connectivity index (χ4n) is 3.89. The van der Waals surface area contributed by atoms with E-state index in [9.17, 15) is 4.79 Å². The molecule has 4 rings (SSSR count). The third kappa shape index (κ3) is 3.48. The Labute approximate surface area is 148 Å². The summed E-state index contributed by atoms with van der Waals surface area (Å²) >= 11 is 0. The molecule has 3 heterocycles. The standard InChI is InChI=1S/C19H27N5O/c1-2-4-17-16(11-21-22-17)19(25)24-9-3-5-15(13-24)18-20-8-10-23(18)12-14-6-7-14/h8,10-11,14-15H,2-7,9,12-13H2,1H3,(H,21,22). The zero-order valence-electron chi connectivity index (χ0n) is 14.9. The van der Waals surface area contributed by atoms with Crippen molar-refractivity contribution in [2.45, 2.75) is 57.9 Å². The first-order chi connectivity index (χ1) is 12.3. The van der Waals surface area contributed by atoms with E-state index in [4.69, 9.17) is 0 Å². The second kappa shape index (κ2) is 7.02. The third-order valence-corrected chi connectivity index (χ3v) is 5.42. The summed E-state index contributed by atoms with van der Waals surface area (Å²) in [6.45, 7) is 4.79. The topological polar surface area (TPSA) is 66.8 Å². The number of likely N-dealkylation sites (tertiary alicyclic amines) is 1. The van der Waals surface area contributed by atoms with Gasteiger partial charge < -0.3 is 9.47 Å². The maximum Gasteiger partial charge on any atom is 0.257 e. The van der Waals surface area contributed by atoms with Crippen LogP contribution in [0.25, 0.3) is 0 Å². The highest BCUT2D eigenvalue weighted by Gasteiger charge is 2.30. The minimum atomic E-state index is 0.113. The number of carbonyl (C=O) groups excluding carboxylic acids is 1. The summed E-state index contributed by atoms with van der Waals surface area (Å²) in [5, 5.41) is 7.08. The lowest BCUT2D eigenvalue weighted by atomic mass is 9.96. The second-order valence-electron chi connectivity index (χ2n) is 7.48. The maximum absolute atomic E-state index is 13.0. The molecule has 0 aromatic carbocycles. The number of carbonyl (C=O) groups is 1. The van der Waals surface area contributed by atoms with Crippen LogP contribution in [0.1, 0.15) is 66.8 Å². The lowest BCUT2D eigenvalue weighted by molar-refractivity contribution is 0.0702. The SMILES string of the molecule is CCCc1[nH]ncc1C(=O)N1CCCC(c2nccn2CC2CC2)C1. The number of piperidine rings is 1. The number of amides is 1. The number of hydrogen-bond acceptors (Lipinski definition) is 3. The number of hydrogen-bond donors (Lipinski definition) is 1. The Kier molecular flexibility index (Phi) is 4.59. The molecule has 0 bridgehead atoms. The Morgan fingerprint density at radius 1 is 1.36 bits per heavy atom. The first kappa shape index (κ1) is 16.4. The van der Waals surface area contributed by atoms with Gasteiger partial charge in [-0.3, -0.25) is 9.89 Å². The van der Waals surface area contributed by atoms with Crippen molar-refractivity contribution in [1.29, 1.82) is 0 Å². The lowest BCUT2D eigenvalue weighted by Crippen LogP contribution is -2.40. The van der Waals surface area contributed by atoms with Crippen molar-refractivity contribution in [1.82, 2.24) is 24.6 Å². The van der Waals surface area contributed by atoms with Crippen LogP contribution in [-0.4, -0.2) is 43.6 Å². The zero-order chi connectivity index (χ0) is 17.2.